The van der Waals surface area contributed by atoms with Crippen molar-refractivity contribution >= 4 is 6.34 Å². The van der Waals surface area contributed by atoms with E-state index < -0.39 is 0 Å². The maximum atomic E-state index is 5.14. The fourth-order valence-electron chi connectivity index (χ4n) is 1.85. The number of hydrogen-bond acceptors (Lipinski definition) is 3. The molecule has 0 spiro atoms. The largest absolute Gasteiger partial charge is 0.497 e. The van der Waals surface area contributed by atoms with Crippen molar-refractivity contribution in [1.82, 2.24) is 4.90 Å². The van der Waals surface area contributed by atoms with Gasteiger partial charge in [0.15, 0.2) is 0 Å². The molecule has 3 heteroatoms. The van der Waals surface area contributed by atoms with E-state index in [4.69, 9.17) is 4.74 Å². The molecule has 0 fully saturated rings. The molecular weight excluding hydrogens is 188 g/mol. The SMILES string of the molecule is COc1ccc(C2CN=CN(C)C2)cc1. The highest BCUT2D eigenvalue weighted by molar-refractivity contribution is 5.56. The number of likely N-dealkylation sites (N-methyl/N-ethyl adjacent to an activating group) is 1. The van der Waals surface area contributed by atoms with Gasteiger partial charge in [0.25, 0.3) is 0 Å². The van der Waals surface area contributed by atoms with Crippen LogP contribution in [-0.4, -0.2) is 38.5 Å². The predicted molar refractivity (Wildman–Crippen MR) is 61.7 cm³/mol. The summed E-state index contributed by atoms with van der Waals surface area (Å²) in [5.41, 5.74) is 1.33. The zero-order chi connectivity index (χ0) is 10.7. The summed E-state index contributed by atoms with van der Waals surface area (Å²) in [7, 11) is 3.74. The Morgan fingerprint density at radius 2 is 2.07 bits per heavy atom. The topological polar surface area (TPSA) is 24.8 Å². The van der Waals surface area contributed by atoms with E-state index in [1.807, 2.05) is 18.5 Å². The van der Waals surface area contributed by atoms with Gasteiger partial charge in [0.2, 0.25) is 0 Å². The van der Waals surface area contributed by atoms with Gasteiger partial charge in [-0.1, -0.05) is 12.1 Å². The summed E-state index contributed by atoms with van der Waals surface area (Å²) in [5.74, 6) is 1.41. The Balaban J connectivity index is 2.12. The Labute approximate surface area is 90.4 Å². The average Bonchev–Trinajstić information content (AvgIpc) is 2.29. The minimum Gasteiger partial charge on any atom is -0.497 e. The lowest BCUT2D eigenvalue weighted by molar-refractivity contribution is 0.413. The van der Waals surface area contributed by atoms with E-state index in [-0.39, 0.29) is 0 Å². The number of benzene rings is 1. The number of nitrogens with zero attached hydrogens (tertiary/aromatic N) is 2. The molecule has 0 aliphatic carbocycles. The van der Waals surface area contributed by atoms with Crippen molar-refractivity contribution in [2.45, 2.75) is 5.92 Å². The second-order valence-corrected chi connectivity index (χ2v) is 3.89. The smallest absolute Gasteiger partial charge is 0.118 e. The van der Waals surface area contributed by atoms with E-state index in [1.165, 1.54) is 5.56 Å². The van der Waals surface area contributed by atoms with Gasteiger partial charge in [-0.25, -0.2) is 0 Å². The van der Waals surface area contributed by atoms with Crippen molar-refractivity contribution in [2.24, 2.45) is 4.99 Å². The molecule has 2 rings (SSSR count). The van der Waals surface area contributed by atoms with Gasteiger partial charge in [-0.3, -0.25) is 4.99 Å². The van der Waals surface area contributed by atoms with Crippen LogP contribution in [0.25, 0.3) is 0 Å². The first-order valence-corrected chi connectivity index (χ1v) is 5.13. The molecule has 0 amide bonds. The third kappa shape index (κ3) is 2.29. The quantitative estimate of drug-likeness (QED) is 0.733. The van der Waals surface area contributed by atoms with Crippen LogP contribution < -0.4 is 4.74 Å². The summed E-state index contributed by atoms with van der Waals surface area (Å²) in [4.78, 5) is 6.45. The Bertz CT molecular complexity index is 345. The fraction of sp³-hybridized carbons (Fsp3) is 0.417. The van der Waals surface area contributed by atoms with Crippen molar-refractivity contribution in [3.63, 3.8) is 0 Å². The van der Waals surface area contributed by atoms with E-state index >= 15 is 0 Å². The molecule has 0 bridgehead atoms. The van der Waals surface area contributed by atoms with Gasteiger partial charge in [-0.05, 0) is 17.7 Å². The van der Waals surface area contributed by atoms with Crippen LogP contribution in [0.1, 0.15) is 11.5 Å². The summed E-state index contributed by atoms with van der Waals surface area (Å²) < 4.78 is 5.14. The number of aliphatic imine (C=N–C) groups is 1. The van der Waals surface area contributed by atoms with Crippen molar-refractivity contribution in [3.05, 3.63) is 29.8 Å². The van der Waals surface area contributed by atoms with E-state index in [0.29, 0.717) is 5.92 Å². The molecule has 3 nitrogen and oxygen atoms in total. The maximum absolute atomic E-state index is 5.14. The lowest BCUT2D eigenvalue weighted by Gasteiger charge is -2.25. The van der Waals surface area contributed by atoms with E-state index in [2.05, 4.69) is 29.1 Å². The van der Waals surface area contributed by atoms with Crippen molar-refractivity contribution < 1.29 is 4.74 Å². The third-order valence-electron chi connectivity index (χ3n) is 2.70. The van der Waals surface area contributed by atoms with Crippen LogP contribution in [0.15, 0.2) is 29.3 Å². The number of ether oxygens (including phenoxy) is 1. The van der Waals surface area contributed by atoms with Crippen molar-refractivity contribution in [1.29, 1.82) is 0 Å². The Morgan fingerprint density at radius 3 is 2.67 bits per heavy atom. The van der Waals surface area contributed by atoms with Gasteiger partial charge < -0.3 is 9.64 Å². The van der Waals surface area contributed by atoms with Crippen LogP contribution in [0, 0.1) is 0 Å². The molecule has 80 valence electrons. The number of hydrogen-bond donors (Lipinski definition) is 0. The molecule has 15 heavy (non-hydrogen) atoms. The first-order chi connectivity index (χ1) is 7.29. The Hall–Kier alpha value is -1.51. The van der Waals surface area contributed by atoms with Crippen LogP contribution in [0.4, 0.5) is 0 Å². The molecule has 1 aromatic rings. The molecule has 0 radical (unpaired) electrons. The van der Waals surface area contributed by atoms with E-state index in [1.54, 1.807) is 7.11 Å². The highest BCUT2D eigenvalue weighted by Gasteiger charge is 2.15. The molecule has 1 aliphatic heterocycles. The highest BCUT2D eigenvalue weighted by Crippen LogP contribution is 2.21. The van der Waals surface area contributed by atoms with Crippen LogP contribution in [0.3, 0.4) is 0 Å². The monoisotopic (exact) mass is 204 g/mol. The van der Waals surface area contributed by atoms with Gasteiger partial charge in [-0.15, -0.1) is 0 Å². The second-order valence-electron chi connectivity index (χ2n) is 3.89. The second kappa shape index (κ2) is 4.34. The van der Waals surface area contributed by atoms with Crippen LogP contribution in [0.2, 0.25) is 0 Å². The highest BCUT2D eigenvalue weighted by atomic mass is 16.5. The summed E-state index contributed by atoms with van der Waals surface area (Å²) in [6, 6.07) is 8.26. The molecule has 1 atom stereocenters. The standard InChI is InChI=1S/C12H16N2O/c1-14-8-11(7-13-9-14)10-3-5-12(15-2)6-4-10/h3-6,9,11H,7-8H2,1-2H3. The number of methoxy groups -OCH3 is 1. The molecule has 0 saturated heterocycles. The van der Waals surface area contributed by atoms with Gasteiger partial charge >= 0.3 is 0 Å². The summed E-state index contributed by atoms with van der Waals surface area (Å²) in [6.45, 7) is 1.92. The van der Waals surface area contributed by atoms with Gasteiger partial charge in [-0.2, -0.15) is 0 Å². The minimum atomic E-state index is 0.505. The van der Waals surface area contributed by atoms with Gasteiger partial charge in [0.05, 0.1) is 13.4 Å². The molecule has 1 aliphatic rings. The lowest BCUT2D eigenvalue weighted by atomic mass is 9.98. The summed E-state index contributed by atoms with van der Waals surface area (Å²) in [5, 5.41) is 0. The third-order valence-corrected chi connectivity index (χ3v) is 2.70. The van der Waals surface area contributed by atoms with E-state index in [0.717, 1.165) is 18.8 Å². The molecule has 1 heterocycles. The lowest BCUT2D eigenvalue weighted by Crippen LogP contribution is -2.29. The molecule has 0 saturated carbocycles. The number of rotatable bonds is 2. The average molecular weight is 204 g/mol. The van der Waals surface area contributed by atoms with Crippen LogP contribution >= 0.6 is 0 Å². The molecule has 1 aromatic carbocycles. The molecule has 0 aromatic heterocycles. The normalized spacial score (nSPS) is 20.4. The van der Waals surface area contributed by atoms with Gasteiger partial charge in [0.1, 0.15) is 5.75 Å². The predicted octanol–water partition coefficient (Wildman–Crippen LogP) is 1.75. The Kier molecular flexibility index (Phi) is 2.90. The molecular formula is C12H16N2O. The summed E-state index contributed by atoms with van der Waals surface area (Å²) >= 11 is 0. The minimum absolute atomic E-state index is 0.505. The Morgan fingerprint density at radius 1 is 1.33 bits per heavy atom. The van der Waals surface area contributed by atoms with Gasteiger partial charge in [0, 0.05) is 26.1 Å². The first kappa shape index (κ1) is 10.0. The molecule has 0 N–H and O–H groups in total. The van der Waals surface area contributed by atoms with Crippen LogP contribution in [0.5, 0.6) is 5.75 Å². The summed E-state index contributed by atoms with van der Waals surface area (Å²) in [6.07, 6.45) is 1.90. The van der Waals surface area contributed by atoms with Crippen molar-refractivity contribution in [3.8, 4) is 5.75 Å². The first-order valence-electron chi connectivity index (χ1n) is 5.13. The van der Waals surface area contributed by atoms with Crippen molar-refractivity contribution in [2.75, 3.05) is 27.2 Å². The van der Waals surface area contributed by atoms with E-state index in [9.17, 15) is 0 Å². The zero-order valence-electron chi connectivity index (χ0n) is 9.18. The molecule has 1 unspecified atom stereocenters. The maximum Gasteiger partial charge on any atom is 0.118 e. The zero-order valence-corrected chi connectivity index (χ0v) is 9.18. The van der Waals surface area contributed by atoms with Crippen LogP contribution in [-0.2, 0) is 0 Å². The fourth-order valence-corrected chi connectivity index (χ4v) is 1.85.